The van der Waals surface area contributed by atoms with Gasteiger partial charge >= 0.3 is 0 Å². The van der Waals surface area contributed by atoms with Crippen molar-refractivity contribution in [3.63, 3.8) is 0 Å². The molecule has 0 amide bonds. The average molecular weight is 233 g/mol. The minimum absolute atomic E-state index is 0.0284. The average Bonchev–Trinajstić information content (AvgIpc) is 2.22. The van der Waals surface area contributed by atoms with Crippen LogP contribution in [0.4, 0.5) is 4.39 Å². The lowest BCUT2D eigenvalue weighted by atomic mass is 10.0. The van der Waals surface area contributed by atoms with Crippen LogP contribution in [0.5, 0.6) is 0 Å². The summed E-state index contributed by atoms with van der Waals surface area (Å²) >= 11 is 5.91. The maximum atomic E-state index is 13.5. The maximum absolute atomic E-state index is 13.5. The van der Waals surface area contributed by atoms with Crippen molar-refractivity contribution < 1.29 is 14.2 Å². The summed E-state index contributed by atoms with van der Waals surface area (Å²) in [5.41, 5.74) is 1.05. The highest BCUT2D eigenvalue weighted by atomic mass is 35.5. The van der Waals surface area contributed by atoms with E-state index in [-0.39, 0.29) is 24.9 Å². The zero-order valence-corrected chi connectivity index (χ0v) is 9.51. The van der Waals surface area contributed by atoms with Crippen LogP contribution in [0, 0.1) is 5.82 Å². The first-order valence-corrected chi connectivity index (χ1v) is 5.05. The molecule has 0 radical (unpaired) electrons. The Morgan fingerprint density at radius 3 is 2.67 bits per heavy atom. The fourth-order valence-electron chi connectivity index (χ4n) is 1.29. The summed E-state index contributed by atoms with van der Waals surface area (Å²) in [6.07, 6.45) is 0. The zero-order valence-electron chi connectivity index (χ0n) is 8.76. The van der Waals surface area contributed by atoms with Gasteiger partial charge in [0.1, 0.15) is 5.82 Å². The van der Waals surface area contributed by atoms with E-state index in [0.717, 1.165) is 0 Å². The molecule has 15 heavy (non-hydrogen) atoms. The van der Waals surface area contributed by atoms with Gasteiger partial charge in [0.2, 0.25) is 0 Å². The van der Waals surface area contributed by atoms with Crippen LogP contribution < -0.4 is 0 Å². The van der Waals surface area contributed by atoms with Crippen LogP contribution in [0.2, 0.25) is 5.02 Å². The van der Waals surface area contributed by atoms with Gasteiger partial charge in [-0.2, -0.15) is 0 Å². The molecule has 0 saturated carbocycles. The number of aliphatic hydroxyl groups excluding tert-OH is 1. The molecular weight excluding hydrogens is 219 g/mol. The molecule has 0 aliphatic carbocycles. The van der Waals surface area contributed by atoms with E-state index in [4.69, 9.17) is 21.4 Å². The maximum Gasteiger partial charge on any atom is 0.130 e. The standard InChI is InChI=1S/C11H14ClFO2/c1-7(5-14)8-3-10(12)9(6-15-2)11(13)4-8/h3-4,7,14H,5-6H2,1-2H3. The zero-order chi connectivity index (χ0) is 11.4. The minimum atomic E-state index is -0.389. The molecule has 0 saturated heterocycles. The Kier molecular flexibility index (Phi) is 4.51. The predicted octanol–water partition coefficient (Wildman–Crippen LogP) is 2.72. The van der Waals surface area contributed by atoms with Gasteiger partial charge in [-0.05, 0) is 17.7 Å². The summed E-state index contributed by atoms with van der Waals surface area (Å²) in [5.74, 6) is -0.506. The third-order valence-electron chi connectivity index (χ3n) is 2.29. The molecule has 1 aromatic rings. The Bertz CT molecular complexity index is 318. The van der Waals surface area contributed by atoms with Crippen molar-refractivity contribution in [1.29, 1.82) is 0 Å². The first-order chi connectivity index (χ1) is 7.10. The fraction of sp³-hybridized carbons (Fsp3) is 0.455. The van der Waals surface area contributed by atoms with Crippen LogP contribution in [0.3, 0.4) is 0 Å². The number of hydrogen-bond acceptors (Lipinski definition) is 2. The number of halogens is 2. The topological polar surface area (TPSA) is 29.5 Å². The lowest BCUT2D eigenvalue weighted by molar-refractivity contribution is 0.181. The van der Waals surface area contributed by atoms with E-state index in [1.165, 1.54) is 13.2 Å². The molecule has 0 aromatic heterocycles. The first-order valence-electron chi connectivity index (χ1n) is 4.67. The van der Waals surface area contributed by atoms with Gasteiger partial charge in [-0.15, -0.1) is 0 Å². The monoisotopic (exact) mass is 232 g/mol. The van der Waals surface area contributed by atoms with Crippen molar-refractivity contribution in [3.8, 4) is 0 Å². The summed E-state index contributed by atoms with van der Waals surface area (Å²) < 4.78 is 18.4. The first kappa shape index (κ1) is 12.4. The molecule has 84 valence electrons. The van der Waals surface area contributed by atoms with Crippen molar-refractivity contribution in [2.24, 2.45) is 0 Å². The number of hydrogen-bond donors (Lipinski definition) is 1. The highest BCUT2D eigenvalue weighted by molar-refractivity contribution is 6.31. The SMILES string of the molecule is COCc1c(F)cc(C(C)CO)cc1Cl. The lowest BCUT2D eigenvalue weighted by Crippen LogP contribution is -2.02. The Hall–Kier alpha value is -0.640. The Morgan fingerprint density at radius 1 is 1.53 bits per heavy atom. The van der Waals surface area contributed by atoms with Gasteiger partial charge in [-0.25, -0.2) is 4.39 Å². The number of benzene rings is 1. The lowest BCUT2D eigenvalue weighted by Gasteiger charge is -2.12. The molecule has 0 bridgehead atoms. The van der Waals surface area contributed by atoms with Gasteiger partial charge in [-0.3, -0.25) is 0 Å². The highest BCUT2D eigenvalue weighted by Gasteiger charge is 2.12. The van der Waals surface area contributed by atoms with E-state index in [1.54, 1.807) is 13.0 Å². The molecule has 1 atom stereocenters. The van der Waals surface area contributed by atoms with E-state index in [1.807, 2.05) is 0 Å². The van der Waals surface area contributed by atoms with Crippen molar-refractivity contribution in [1.82, 2.24) is 0 Å². The van der Waals surface area contributed by atoms with Crippen LogP contribution in [-0.2, 0) is 11.3 Å². The normalized spacial score (nSPS) is 12.9. The quantitative estimate of drug-likeness (QED) is 0.865. The van der Waals surface area contributed by atoms with E-state index < -0.39 is 0 Å². The summed E-state index contributed by atoms with van der Waals surface area (Å²) in [6.45, 7) is 1.93. The molecule has 0 heterocycles. The minimum Gasteiger partial charge on any atom is -0.396 e. The van der Waals surface area contributed by atoms with Gasteiger partial charge in [0.05, 0.1) is 6.61 Å². The Balaban J connectivity index is 3.07. The molecule has 1 rings (SSSR count). The van der Waals surface area contributed by atoms with E-state index >= 15 is 0 Å². The molecule has 1 unspecified atom stereocenters. The summed E-state index contributed by atoms with van der Waals surface area (Å²) in [5, 5.41) is 9.29. The van der Waals surface area contributed by atoms with Crippen LogP contribution in [0.25, 0.3) is 0 Å². The molecule has 1 N–H and O–H groups in total. The second-order valence-electron chi connectivity index (χ2n) is 3.48. The largest absolute Gasteiger partial charge is 0.396 e. The number of aliphatic hydroxyl groups is 1. The van der Waals surface area contributed by atoms with Crippen molar-refractivity contribution >= 4 is 11.6 Å². The van der Waals surface area contributed by atoms with Gasteiger partial charge in [0.25, 0.3) is 0 Å². The molecule has 0 aliphatic rings. The second kappa shape index (κ2) is 5.45. The number of ether oxygens (including phenoxy) is 1. The summed E-state index contributed by atoms with van der Waals surface area (Å²) in [7, 11) is 1.49. The molecule has 4 heteroatoms. The smallest absolute Gasteiger partial charge is 0.130 e. The third kappa shape index (κ3) is 2.91. The summed E-state index contributed by atoms with van der Waals surface area (Å²) in [4.78, 5) is 0. The predicted molar refractivity (Wildman–Crippen MR) is 57.6 cm³/mol. The number of methoxy groups -OCH3 is 1. The van der Waals surface area contributed by atoms with Crippen LogP contribution in [-0.4, -0.2) is 18.8 Å². The molecular formula is C11H14ClFO2. The van der Waals surface area contributed by atoms with Crippen LogP contribution in [0.1, 0.15) is 24.0 Å². The molecule has 0 fully saturated rings. The van der Waals surface area contributed by atoms with Crippen molar-refractivity contribution in [2.75, 3.05) is 13.7 Å². The van der Waals surface area contributed by atoms with E-state index in [9.17, 15) is 4.39 Å². The van der Waals surface area contributed by atoms with Gasteiger partial charge in [0.15, 0.2) is 0 Å². The van der Waals surface area contributed by atoms with E-state index in [0.29, 0.717) is 16.1 Å². The number of rotatable bonds is 4. The molecule has 0 spiro atoms. The van der Waals surface area contributed by atoms with Crippen LogP contribution in [0.15, 0.2) is 12.1 Å². The molecule has 1 aromatic carbocycles. The second-order valence-corrected chi connectivity index (χ2v) is 3.89. The van der Waals surface area contributed by atoms with Crippen molar-refractivity contribution in [3.05, 3.63) is 34.1 Å². The van der Waals surface area contributed by atoms with Gasteiger partial charge < -0.3 is 9.84 Å². The van der Waals surface area contributed by atoms with Gasteiger partial charge in [-0.1, -0.05) is 18.5 Å². The fourth-order valence-corrected chi connectivity index (χ4v) is 1.57. The highest BCUT2D eigenvalue weighted by Crippen LogP contribution is 2.26. The Morgan fingerprint density at radius 2 is 2.20 bits per heavy atom. The van der Waals surface area contributed by atoms with Crippen molar-refractivity contribution in [2.45, 2.75) is 19.4 Å². The molecule has 0 aliphatic heterocycles. The Labute approximate surface area is 93.6 Å². The van der Waals surface area contributed by atoms with Crippen LogP contribution >= 0.6 is 11.6 Å². The molecule has 2 nitrogen and oxygen atoms in total. The third-order valence-corrected chi connectivity index (χ3v) is 2.63. The van der Waals surface area contributed by atoms with E-state index in [2.05, 4.69) is 0 Å². The van der Waals surface area contributed by atoms with Gasteiger partial charge in [0, 0.05) is 30.2 Å². The summed E-state index contributed by atoms with van der Waals surface area (Å²) in [6, 6.07) is 3.06.